The maximum absolute atomic E-state index is 6.69. The number of hydrogen-bond donors (Lipinski definition) is 0. The van der Waals surface area contributed by atoms with Gasteiger partial charge < -0.3 is 10.6 Å². The van der Waals surface area contributed by atoms with Gasteiger partial charge in [0.15, 0.2) is 0 Å². The molecule has 0 rings (SSSR count). The number of rotatable bonds is 2. The minimum atomic E-state index is -0.472. The first-order valence-electron chi connectivity index (χ1n) is 2.30. The number of hydrogen-bond acceptors (Lipinski definition) is 1. The van der Waals surface area contributed by atoms with E-state index in [0.29, 0.717) is 6.54 Å². The van der Waals surface area contributed by atoms with E-state index in [1.54, 1.807) is 0 Å². The average molecular weight is 353 g/mol. The minimum absolute atomic E-state index is 0.472. The van der Waals surface area contributed by atoms with Gasteiger partial charge in [-0.15, -0.1) is 6.54 Å². The Bertz CT molecular complexity index is 45.5. The molecule has 0 aliphatic rings. The van der Waals surface area contributed by atoms with Crippen molar-refractivity contribution in [2.45, 2.75) is 0 Å². The first-order chi connectivity index (χ1) is 4.18. The Morgan fingerprint density at radius 2 is 1.78 bits per heavy atom. The zero-order valence-corrected chi connectivity index (χ0v) is 9.22. The van der Waals surface area contributed by atoms with Crippen molar-refractivity contribution in [2.75, 3.05) is 27.2 Å². The Hall–Kier alpha value is 1.19. The second-order valence-corrected chi connectivity index (χ2v) is 4.88. The molecule has 0 aromatic rings. The fourth-order valence-corrected chi connectivity index (χ4v) is 0.224. The molecule has 0 fully saturated rings. The van der Waals surface area contributed by atoms with Crippen LogP contribution in [0, 0.1) is 0 Å². The first-order valence-corrected chi connectivity index (χ1v) is 7.93. The Balaban J connectivity index is 0. The zero-order chi connectivity index (χ0) is 7.70. The molecule has 0 aliphatic heterocycles. The van der Waals surface area contributed by atoms with Gasteiger partial charge in [-0.05, 0) is 20.6 Å². The topological polar surface area (TPSA) is 27.0 Å². The summed E-state index contributed by atoms with van der Waals surface area (Å²) >= 11 is -0.472. The summed E-state index contributed by atoms with van der Waals surface area (Å²) in [6.45, 7) is 1.38. The molecule has 0 aliphatic carbocycles. The van der Waals surface area contributed by atoms with E-state index >= 15 is 0 Å². The van der Waals surface area contributed by atoms with Crippen molar-refractivity contribution < 1.29 is 16.5 Å². The predicted molar refractivity (Wildman–Crippen MR) is 39.4 cm³/mol. The van der Waals surface area contributed by atoms with Crippen molar-refractivity contribution in [1.82, 2.24) is 4.90 Å². The summed E-state index contributed by atoms with van der Waals surface area (Å²) in [5, 5.41) is 0. The van der Waals surface area contributed by atoms with Gasteiger partial charge in [-0.2, -0.15) is 0 Å². The maximum atomic E-state index is 6.69. The molecule has 1 N–H and O–H groups in total. The molecule has 0 amide bonds. The number of nitrogens with one attached hydrogen (secondary N) is 1. The molecule has 0 aromatic carbocycles. The standard InChI is InChI=1S/C4H11N2.2ClH.Pt/c1-6(2)4-3-5;;;/h5H,3-4H2,1-2H3;2*1H;/q-1;;;+4/p-2. The van der Waals surface area contributed by atoms with Crippen LogP contribution in [0.2, 0.25) is 0 Å². The van der Waals surface area contributed by atoms with Crippen molar-refractivity contribution in [2.24, 2.45) is 0 Å². The van der Waals surface area contributed by atoms with E-state index in [4.69, 9.17) is 24.6 Å². The third kappa shape index (κ3) is 27.1. The van der Waals surface area contributed by atoms with Gasteiger partial charge in [-0.3, -0.25) is 0 Å². The van der Waals surface area contributed by atoms with Crippen molar-refractivity contribution in [3.63, 3.8) is 0 Å². The molecule has 5 heteroatoms. The molecular weight excluding hydrogens is 342 g/mol. The quantitative estimate of drug-likeness (QED) is 0.746. The van der Waals surface area contributed by atoms with Crippen molar-refractivity contribution in [3.8, 4) is 0 Å². The van der Waals surface area contributed by atoms with Crippen LogP contribution in [0.25, 0.3) is 5.73 Å². The number of nitrogens with zero attached hydrogens (tertiary/aromatic N) is 1. The Morgan fingerprint density at radius 1 is 1.44 bits per heavy atom. The van der Waals surface area contributed by atoms with Crippen LogP contribution in [0.15, 0.2) is 0 Å². The number of halogens is 2. The molecule has 0 heterocycles. The average Bonchev–Trinajstić information content (AvgIpc) is 1.67. The van der Waals surface area contributed by atoms with Gasteiger partial charge in [0.1, 0.15) is 0 Å². The molecule has 0 unspecified atom stereocenters. The van der Waals surface area contributed by atoms with Gasteiger partial charge in [0.05, 0.1) is 0 Å². The van der Waals surface area contributed by atoms with Crippen LogP contribution < -0.4 is 0 Å². The van der Waals surface area contributed by atoms with Crippen LogP contribution >= 0.6 is 18.8 Å². The summed E-state index contributed by atoms with van der Waals surface area (Å²) in [7, 11) is 13.7. The van der Waals surface area contributed by atoms with Crippen LogP contribution in [0.4, 0.5) is 0 Å². The van der Waals surface area contributed by atoms with Crippen LogP contribution in [0.3, 0.4) is 0 Å². The summed E-state index contributed by atoms with van der Waals surface area (Å²) in [6.07, 6.45) is 0. The van der Waals surface area contributed by atoms with Gasteiger partial charge in [0.25, 0.3) is 0 Å². The molecule has 0 radical (unpaired) electrons. The summed E-state index contributed by atoms with van der Waals surface area (Å²) in [5.41, 5.74) is 6.69. The Morgan fingerprint density at radius 3 is 1.78 bits per heavy atom. The van der Waals surface area contributed by atoms with Crippen LogP contribution in [-0.4, -0.2) is 32.1 Å². The molecular formula is C4H11Cl2N2Pt+. The Kier molecular flexibility index (Phi) is 17.0. The fourth-order valence-electron chi connectivity index (χ4n) is 0.224. The van der Waals surface area contributed by atoms with Crippen LogP contribution in [0.1, 0.15) is 0 Å². The molecule has 9 heavy (non-hydrogen) atoms. The molecule has 60 valence electrons. The van der Waals surface area contributed by atoms with Gasteiger partial charge in [0, 0.05) is 0 Å². The molecule has 0 aromatic heterocycles. The second kappa shape index (κ2) is 11.9. The van der Waals surface area contributed by atoms with E-state index in [9.17, 15) is 0 Å². The summed E-state index contributed by atoms with van der Waals surface area (Å²) < 4.78 is 0. The molecule has 0 atom stereocenters. The van der Waals surface area contributed by atoms with Crippen molar-refractivity contribution >= 4 is 18.8 Å². The van der Waals surface area contributed by atoms with Gasteiger partial charge in [-0.1, -0.05) is 0 Å². The van der Waals surface area contributed by atoms with Crippen LogP contribution in [0.5, 0.6) is 0 Å². The molecule has 0 bridgehead atoms. The summed E-state index contributed by atoms with van der Waals surface area (Å²) in [4.78, 5) is 1.99. The van der Waals surface area contributed by atoms with E-state index in [1.165, 1.54) is 0 Å². The number of likely N-dealkylation sites (N-methyl/N-ethyl adjacent to an activating group) is 1. The van der Waals surface area contributed by atoms with E-state index in [1.807, 2.05) is 19.0 Å². The predicted octanol–water partition coefficient (Wildman–Crippen LogP) is 1.98. The van der Waals surface area contributed by atoms with E-state index < -0.39 is 16.5 Å². The third-order valence-electron chi connectivity index (χ3n) is 0.559. The SMILES string of the molecule is CN(C)CC[NH-].[Cl][Pt+2][Cl]. The fraction of sp³-hybridized carbons (Fsp3) is 1.00. The van der Waals surface area contributed by atoms with E-state index in [2.05, 4.69) is 0 Å². The second-order valence-electron chi connectivity index (χ2n) is 1.60. The van der Waals surface area contributed by atoms with Crippen molar-refractivity contribution in [3.05, 3.63) is 5.73 Å². The molecule has 2 nitrogen and oxygen atoms in total. The normalized spacial score (nSPS) is 9.11. The van der Waals surface area contributed by atoms with E-state index in [0.717, 1.165) is 6.54 Å². The van der Waals surface area contributed by atoms with Gasteiger partial charge in [0.2, 0.25) is 0 Å². The molecule has 0 spiro atoms. The van der Waals surface area contributed by atoms with Gasteiger partial charge >= 0.3 is 35.3 Å². The molecule has 0 saturated heterocycles. The summed E-state index contributed by atoms with van der Waals surface area (Å²) in [6, 6.07) is 0. The zero-order valence-electron chi connectivity index (χ0n) is 5.43. The third-order valence-corrected chi connectivity index (χ3v) is 0.559. The van der Waals surface area contributed by atoms with Crippen molar-refractivity contribution in [1.29, 1.82) is 0 Å². The van der Waals surface area contributed by atoms with E-state index in [-0.39, 0.29) is 0 Å². The monoisotopic (exact) mass is 352 g/mol. The summed E-state index contributed by atoms with van der Waals surface area (Å²) in [5.74, 6) is 0. The Labute approximate surface area is 73.1 Å². The molecule has 0 saturated carbocycles. The first kappa shape index (κ1) is 12.8. The van der Waals surface area contributed by atoms with Gasteiger partial charge in [-0.25, -0.2) is 0 Å². The van der Waals surface area contributed by atoms with Crippen LogP contribution in [-0.2, 0) is 16.5 Å².